The van der Waals surface area contributed by atoms with Crippen molar-refractivity contribution in [1.82, 2.24) is 10.2 Å². The van der Waals surface area contributed by atoms with Crippen LogP contribution in [0.4, 0.5) is 0 Å². The van der Waals surface area contributed by atoms with Crippen LogP contribution in [0, 0.1) is 63.7 Å². The van der Waals surface area contributed by atoms with E-state index in [-0.39, 0.29) is 23.0 Å². The number of amides is 1. The molecule has 0 spiro atoms. The quantitative estimate of drug-likeness (QED) is 0.456. The monoisotopic (exact) mass is 375 g/mol. The van der Waals surface area contributed by atoms with Crippen LogP contribution in [0.15, 0.2) is 42.1 Å². The molecule has 3 rings (SSSR count). The van der Waals surface area contributed by atoms with E-state index in [1.165, 1.54) is 0 Å². The van der Waals surface area contributed by atoms with Gasteiger partial charge in [-0.2, -0.15) is 0 Å². The van der Waals surface area contributed by atoms with Gasteiger partial charge in [-0.25, -0.2) is 4.99 Å². The van der Waals surface area contributed by atoms with E-state index in [4.69, 9.17) is 0 Å². The fourth-order valence-electron chi connectivity index (χ4n) is 2.13. The second-order valence-electron chi connectivity index (χ2n) is 5.02. The van der Waals surface area contributed by atoms with Crippen LogP contribution in [0.25, 0.3) is 0 Å². The Morgan fingerprint density at radius 2 is 1.60 bits per heavy atom. The summed E-state index contributed by atoms with van der Waals surface area (Å²) in [5.41, 5.74) is 0.524. The Kier molecular flexibility index (Phi) is 10.5. The molecule has 2 aliphatic carbocycles. The fraction of sp³-hybridized carbons (Fsp3) is 0.100. The van der Waals surface area contributed by atoms with Crippen molar-refractivity contribution in [2.75, 3.05) is 13.1 Å². The standard InChI is InChI=1S/C15H16N3O.C5H5.Fe/c1-3-9-16-15-17-13(11-12-7-5-6-8-12)14(19)18(15)10-4-2;1-2-4-5-3-1;/h3-8,11H,1-2,9-10H2,(H,16,17);1-5H;/q;;+2/b13-11-;;. The van der Waals surface area contributed by atoms with Gasteiger partial charge in [0.2, 0.25) is 5.96 Å². The molecule has 0 bridgehead atoms. The molecule has 10 radical (unpaired) electrons. The molecule has 0 aromatic carbocycles. The molecule has 2 saturated carbocycles. The Bertz CT molecular complexity index is 495. The SMILES string of the molecule is C=CCN=C1N/C(=C\[C]2[CH][CH][CH][CH]2)C(=O)N1CC=C.[CH]1[CH][CH][CH][CH]1.[Fe+2]. The molecule has 128 valence electrons. The first-order valence-electron chi connectivity index (χ1n) is 7.71. The maximum atomic E-state index is 12.2. The van der Waals surface area contributed by atoms with Crippen molar-refractivity contribution >= 4 is 11.9 Å². The van der Waals surface area contributed by atoms with Gasteiger partial charge in [0, 0.05) is 12.5 Å². The Labute approximate surface area is 163 Å². The minimum absolute atomic E-state index is 0. The second-order valence-corrected chi connectivity index (χ2v) is 5.02. The summed E-state index contributed by atoms with van der Waals surface area (Å²) in [6, 6.07) is 0. The number of hydrogen-bond donors (Lipinski definition) is 1. The van der Waals surface area contributed by atoms with E-state index >= 15 is 0 Å². The molecule has 1 heterocycles. The number of carbonyl (C=O) groups excluding carboxylic acids is 1. The zero-order chi connectivity index (χ0) is 17.2. The third-order valence-corrected chi connectivity index (χ3v) is 3.21. The van der Waals surface area contributed by atoms with Gasteiger partial charge in [0.05, 0.1) is 6.54 Å². The van der Waals surface area contributed by atoms with E-state index in [1.54, 1.807) is 17.1 Å². The number of aliphatic imine (C=N–C) groups is 1. The Balaban J connectivity index is 0.000000448. The smallest absolute Gasteiger partial charge is 0.321 e. The maximum absolute atomic E-state index is 12.2. The van der Waals surface area contributed by atoms with Gasteiger partial charge < -0.3 is 5.32 Å². The third kappa shape index (κ3) is 6.83. The summed E-state index contributed by atoms with van der Waals surface area (Å²) in [4.78, 5) is 18.1. The molecule has 0 aromatic rings. The van der Waals surface area contributed by atoms with Crippen molar-refractivity contribution in [1.29, 1.82) is 0 Å². The van der Waals surface area contributed by atoms with Crippen molar-refractivity contribution in [2.24, 2.45) is 4.99 Å². The first-order valence-corrected chi connectivity index (χ1v) is 7.71. The molecule has 0 atom stereocenters. The van der Waals surface area contributed by atoms with Gasteiger partial charge in [-0.15, -0.1) is 13.2 Å². The Morgan fingerprint density at radius 1 is 1.00 bits per heavy atom. The van der Waals surface area contributed by atoms with Crippen molar-refractivity contribution in [2.45, 2.75) is 0 Å². The van der Waals surface area contributed by atoms with Crippen LogP contribution < -0.4 is 5.32 Å². The zero-order valence-electron chi connectivity index (χ0n) is 13.9. The number of guanidine groups is 1. The predicted octanol–water partition coefficient (Wildman–Crippen LogP) is 2.45. The topological polar surface area (TPSA) is 44.7 Å². The first kappa shape index (κ1) is 21.7. The van der Waals surface area contributed by atoms with Gasteiger partial charge >= 0.3 is 17.1 Å². The number of hydrogen-bond acceptors (Lipinski definition) is 2. The summed E-state index contributed by atoms with van der Waals surface area (Å²) in [5.74, 6) is 1.44. The molecule has 0 aromatic heterocycles. The van der Waals surface area contributed by atoms with E-state index in [2.05, 4.69) is 23.5 Å². The summed E-state index contributed by atoms with van der Waals surface area (Å²) in [6.07, 6.45) is 22.9. The molecular weight excluding hydrogens is 354 g/mol. The van der Waals surface area contributed by atoms with Crippen LogP contribution in [0.5, 0.6) is 0 Å². The molecule has 4 nitrogen and oxygen atoms in total. The minimum Gasteiger partial charge on any atom is -0.321 e. The summed E-state index contributed by atoms with van der Waals surface area (Å²) in [7, 11) is 0. The normalized spacial score (nSPS) is 23.2. The van der Waals surface area contributed by atoms with E-state index in [0.29, 0.717) is 24.7 Å². The van der Waals surface area contributed by atoms with Gasteiger partial charge in [-0.1, -0.05) is 12.2 Å². The van der Waals surface area contributed by atoms with Gasteiger partial charge in [0.1, 0.15) is 5.70 Å². The molecule has 1 N–H and O–H groups in total. The average Bonchev–Trinajstić information content (AvgIpc) is 3.34. The summed E-state index contributed by atoms with van der Waals surface area (Å²) in [6.45, 7) is 8.17. The second kappa shape index (κ2) is 12.1. The molecule has 3 fully saturated rings. The molecule has 1 amide bonds. The van der Waals surface area contributed by atoms with Crippen LogP contribution in [-0.4, -0.2) is 29.9 Å². The molecule has 1 saturated heterocycles. The molecule has 5 heteroatoms. The molecule has 1 aliphatic heterocycles. The first-order chi connectivity index (χ1) is 11.8. The van der Waals surface area contributed by atoms with Crippen molar-refractivity contribution in [3.05, 3.63) is 101 Å². The molecule has 25 heavy (non-hydrogen) atoms. The molecule has 3 aliphatic rings. The zero-order valence-corrected chi connectivity index (χ0v) is 15.0. The molecular formula is C20H21FeN3O+2. The van der Waals surface area contributed by atoms with E-state index in [0.717, 1.165) is 5.92 Å². The number of nitrogens with one attached hydrogen (secondary N) is 1. The van der Waals surface area contributed by atoms with Crippen LogP contribution in [0.1, 0.15) is 0 Å². The minimum atomic E-state index is -0.0936. The third-order valence-electron chi connectivity index (χ3n) is 3.21. The van der Waals surface area contributed by atoms with Crippen molar-refractivity contribution in [3.63, 3.8) is 0 Å². The van der Waals surface area contributed by atoms with E-state index in [1.807, 2.05) is 63.9 Å². The number of carbonyl (C=O) groups is 1. The summed E-state index contributed by atoms with van der Waals surface area (Å²) < 4.78 is 0. The molecule has 0 unspecified atom stereocenters. The van der Waals surface area contributed by atoms with Crippen LogP contribution in [0.3, 0.4) is 0 Å². The van der Waals surface area contributed by atoms with Gasteiger partial charge in [-0.3, -0.25) is 9.69 Å². The Morgan fingerprint density at radius 3 is 2.12 bits per heavy atom. The van der Waals surface area contributed by atoms with E-state index in [9.17, 15) is 4.79 Å². The van der Waals surface area contributed by atoms with Crippen molar-refractivity contribution < 1.29 is 21.9 Å². The van der Waals surface area contributed by atoms with Gasteiger partial charge in [-0.05, 0) is 63.9 Å². The van der Waals surface area contributed by atoms with E-state index < -0.39 is 0 Å². The number of rotatable bonds is 5. The van der Waals surface area contributed by atoms with Crippen LogP contribution >= 0.6 is 0 Å². The van der Waals surface area contributed by atoms with Gasteiger partial charge in [0.15, 0.2) is 0 Å². The Hall–Kier alpha value is -1.32. The number of allylic oxidation sites excluding steroid dienone is 1. The maximum Gasteiger partial charge on any atom is 2.00 e. The average molecular weight is 375 g/mol. The van der Waals surface area contributed by atoms with Crippen LogP contribution in [0.2, 0.25) is 0 Å². The summed E-state index contributed by atoms with van der Waals surface area (Å²) >= 11 is 0. The number of nitrogens with zero attached hydrogens (tertiary/aromatic N) is 2. The van der Waals surface area contributed by atoms with Crippen LogP contribution in [-0.2, 0) is 21.9 Å². The van der Waals surface area contributed by atoms with Gasteiger partial charge in [0.25, 0.3) is 5.91 Å². The largest absolute Gasteiger partial charge is 2.00 e. The van der Waals surface area contributed by atoms with Crippen molar-refractivity contribution in [3.8, 4) is 0 Å². The summed E-state index contributed by atoms with van der Waals surface area (Å²) in [5, 5.41) is 3.04. The fourth-order valence-corrected chi connectivity index (χ4v) is 2.13. The predicted molar refractivity (Wildman–Crippen MR) is 97.6 cm³/mol.